The van der Waals surface area contributed by atoms with Gasteiger partial charge in [0.25, 0.3) is 5.91 Å². The van der Waals surface area contributed by atoms with Gasteiger partial charge in [-0.25, -0.2) is 0 Å². The number of likely N-dealkylation sites (tertiary alicyclic amines) is 1. The fourth-order valence-electron chi connectivity index (χ4n) is 2.36. The SMILES string of the molecule is CN(CCN1CCCC1)C(=O)c1c(N)cccc1Cl. The van der Waals surface area contributed by atoms with Crippen molar-refractivity contribution in [2.24, 2.45) is 0 Å². The van der Waals surface area contributed by atoms with E-state index in [9.17, 15) is 4.79 Å². The van der Waals surface area contributed by atoms with Crippen LogP contribution in [0.15, 0.2) is 18.2 Å². The molecule has 0 bridgehead atoms. The normalized spacial score (nSPS) is 15.7. The maximum atomic E-state index is 12.3. The molecule has 104 valence electrons. The van der Waals surface area contributed by atoms with Gasteiger partial charge in [-0.2, -0.15) is 0 Å². The van der Waals surface area contributed by atoms with E-state index in [0.29, 0.717) is 22.8 Å². The zero-order valence-electron chi connectivity index (χ0n) is 11.2. The number of rotatable bonds is 4. The van der Waals surface area contributed by atoms with Crippen LogP contribution in [0.2, 0.25) is 5.02 Å². The molecule has 0 spiro atoms. The second-order valence-corrected chi connectivity index (χ2v) is 5.39. The van der Waals surface area contributed by atoms with E-state index < -0.39 is 0 Å². The minimum Gasteiger partial charge on any atom is -0.398 e. The van der Waals surface area contributed by atoms with E-state index in [0.717, 1.165) is 19.6 Å². The largest absolute Gasteiger partial charge is 0.398 e. The molecule has 0 aliphatic carbocycles. The summed E-state index contributed by atoms with van der Waals surface area (Å²) in [5, 5.41) is 0.415. The molecule has 2 rings (SSSR count). The van der Waals surface area contributed by atoms with E-state index in [4.69, 9.17) is 17.3 Å². The second kappa shape index (κ2) is 6.26. The van der Waals surface area contributed by atoms with Crippen LogP contribution >= 0.6 is 11.6 Å². The minimum atomic E-state index is -0.109. The van der Waals surface area contributed by atoms with Crippen molar-refractivity contribution in [1.29, 1.82) is 0 Å². The number of hydrogen-bond donors (Lipinski definition) is 1. The van der Waals surface area contributed by atoms with Crippen LogP contribution in [0, 0.1) is 0 Å². The van der Waals surface area contributed by atoms with Crippen molar-refractivity contribution in [3.8, 4) is 0 Å². The zero-order chi connectivity index (χ0) is 13.8. The summed E-state index contributed by atoms with van der Waals surface area (Å²) in [6, 6.07) is 5.14. The average molecular weight is 282 g/mol. The molecule has 1 aliphatic heterocycles. The Bertz CT molecular complexity index is 438. The van der Waals surface area contributed by atoms with Crippen molar-refractivity contribution in [3.63, 3.8) is 0 Å². The topological polar surface area (TPSA) is 49.6 Å². The molecule has 1 aliphatic rings. The smallest absolute Gasteiger partial charge is 0.257 e. The van der Waals surface area contributed by atoms with E-state index in [1.807, 2.05) is 0 Å². The lowest BCUT2D eigenvalue weighted by molar-refractivity contribution is 0.0783. The lowest BCUT2D eigenvalue weighted by atomic mass is 10.1. The quantitative estimate of drug-likeness (QED) is 0.860. The number of halogens is 1. The summed E-state index contributed by atoms with van der Waals surface area (Å²) < 4.78 is 0. The fraction of sp³-hybridized carbons (Fsp3) is 0.500. The number of nitrogens with two attached hydrogens (primary N) is 1. The molecule has 5 heteroatoms. The third kappa shape index (κ3) is 3.39. The van der Waals surface area contributed by atoms with Crippen LogP contribution in [0.3, 0.4) is 0 Å². The molecule has 0 saturated carbocycles. The number of amides is 1. The number of nitrogens with zero attached hydrogens (tertiary/aromatic N) is 2. The van der Waals surface area contributed by atoms with Gasteiger partial charge in [-0.15, -0.1) is 0 Å². The van der Waals surface area contributed by atoms with Gasteiger partial charge in [-0.05, 0) is 38.1 Å². The molecule has 0 unspecified atom stereocenters. The number of nitrogen functional groups attached to an aromatic ring is 1. The molecule has 0 aromatic heterocycles. The van der Waals surface area contributed by atoms with E-state index in [1.165, 1.54) is 12.8 Å². The molecular weight excluding hydrogens is 262 g/mol. The minimum absolute atomic E-state index is 0.109. The summed E-state index contributed by atoms with van der Waals surface area (Å²) in [4.78, 5) is 16.4. The van der Waals surface area contributed by atoms with E-state index in [1.54, 1.807) is 30.1 Å². The molecule has 0 atom stereocenters. The van der Waals surface area contributed by atoms with Crippen molar-refractivity contribution >= 4 is 23.2 Å². The van der Waals surface area contributed by atoms with Crippen LogP contribution in [0.4, 0.5) is 5.69 Å². The number of hydrogen-bond acceptors (Lipinski definition) is 3. The number of anilines is 1. The average Bonchev–Trinajstić information content (AvgIpc) is 2.88. The Morgan fingerprint density at radius 1 is 1.42 bits per heavy atom. The number of likely N-dealkylation sites (N-methyl/N-ethyl adjacent to an activating group) is 1. The van der Waals surface area contributed by atoms with Gasteiger partial charge < -0.3 is 15.5 Å². The lowest BCUT2D eigenvalue weighted by Gasteiger charge is -2.22. The van der Waals surface area contributed by atoms with Crippen molar-refractivity contribution in [2.45, 2.75) is 12.8 Å². The Hall–Kier alpha value is -1.26. The number of carbonyl (C=O) groups excluding carboxylic acids is 1. The summed E-state index contributed by atoms with van der Waals surface area (Å²) in [5.74, 6) is -0.109. The van der Waals surface area contributed by atoms with Crippen LogP contribution < -0.4 is 5.73 Å². The highest BCUT2D eigenvalue weighted by atomic mass is 35.5. The molecule has 1 aromatic rings. The zero-order valence-corrected chi connectivity index (χ0v) is 12.0. The predicted octanol–water partition coefficient (Wildman–Crippen LogP) is 2.09. The first-order valence-electron chi connectivity index (χ1n) is 6.61. The van der Waals surface area contributed by atoms with Crippen molar-refractivity contribution in [2.75, 3.05) is 39.0 Å². The Morgan fingerprint density at radius 2 is 2.11 bits per heavy atom. The number of carbonyl (C=O) groups is 1. The van der Waals surface area contributed by atoms with Crippen molar-refractivity contribution < 1.29 is 4.79 Å². The van der Waals surface area contributed by atoms with Gasteiger partial charge in [-0.3, -0.25) is 4.79 Å². The van der Waals surface area contributed by atoms with E-state index in [-0.39, 0.29) is 5.91 Å². The molecule has 1 fully saturated rings. The second-order valence-electron chi connectivity index (χ2n) is 4.98. The third-order valence-electron chi connectivity index (χ3n) is 3.56. The molecule has 1 saturated heterocycles. The van der Waals surface area contributed by atoms with Crippen LogP contribution in [-0.2, 0) is 0 Å². The lowest BCUT2D eigenvalue weighted by Crippen LogP contribution is -2.35. The Labute approximate surface area is 119 Å². The summed E-state index contributed by atoms with van der Waals surface area (Å²) in [7, 11) is 1.79. The summed E-state index contributed by atoms with van der Waals surface area (Å²) >= 11 is 6.06. The molecule has 1 amide bonds. The molecule has 1 aromatic carbocycles. The molecule has 2 N–H and O–H groups in total. The standard InChI is InChI=1S/C14H20ClN3O/c1-17(9-10-18-7-2-3-8-18)14(19)13-11(15)5-4-6-12(13)16/h4-6H,2-3,7-10,16H2,1H3. The molecule has 1 heterocycles. The monoisotopic (exact) mass is 281 g/mol. The van der Waals surface area contributed by atoms with Gasteiger partial charge in [0.05, 0.1) is 10.6 Å². The fourth-order valence-corrected chi connectivity index (χ4v) is 2.62. The van der Waals surface area contributed by atoms with E-state index in [2.05, 4.69) is 4.90 Å². The molecular formula is C14H20ClN3O. The Morgan fingerprint density at radius 3 is 2.74 bits per heavy atom. The van der Waals surface area contributed by atoms with Gasteiger partial charge >= 0.3 is 0 Å². The first kappa shape index (κ1) is 14.2. The summed E-state index contributed by atoms with van der Waals surface area (Å²) in [6.45, 7) is 3.88. The van der Waals surface area contributed by atoms with Crippen LogP contribution in [0.25, 0.3) is 0 Å². The van der Waals surface area contributed by atoms with Gasteiger partial charge in [0.15, 0.2) is 0 Å². The molecule has 0 radical (unpaired) electrons. The van der Waals surface area contributed by atoms with Crippen LogP contribution in [0.5, 0.6) is 0 Å². The highest BCUT2D eigenvalue weighted by Crippen LogP contribution is 2.23. The van der Waals surface area contributed by atoms with Gasteiger partial charge in [-0.1, -0.05) is 17.7 Å². The van der Waals surface area contributed by atoms with Crippen molar-refractivity contribution in [1.82, 2.24) is 9.80 Å². The Balaban J connectivity index is 1.98. The first-order valence-corrected chi connectivity index (χ1v) is 6.99. The van der Waals surface area contributed by atoms with Gasteiger partial charge in [0.1, 0.15) is 0 Å². The highest BCUT2D eigenvalue weighted by Gasteiger charge is 2.19. The van der Waals surface area contributed by atoms with E-state index >= 15 is 0 Å². The molecule has 4 nitrogen and oxygen atoms in total. The maximum absolute atomic E-state index is 12.3. The third-order valence-corrected chi connectivity index (χ3v) is 3.87. The van der Waals surface area contributed by atoms with Crippen molar-refractivity contribution in [3.05, 3.63) is 28.8 Å². The summed E-state index contributed by atoms with van der Waals surface area (Å²) in [5.41, 5.74) is 6.68. The van der Waals surface area contributed by atoms with Crippen LogP contribution in [0.1, 0.15) is 23.2 Å². The first-order chi connectivity index (χ1) is 9.09. The van der Waals surface area contributed by atoms with Gasteiger partial charge in [0, 0.05) is 25.8 Å². The van der Waals surface area contributed by atoms with Gasteiger partial charge in [0.2, 0.25) is 0 Å². The predicted molar refractivity (Wildman–Crippen MR) is 78.5 cm³/mol. The Kier molecular flexibility index (Phi) is 4.66. The van der Waals surface area contributed by atoms with Crippen LogP contribution in [-0.4, -0.2) is 48.9 Å². The molecule has 19 heavy (non-hydrogen) atoms. The summed E-state index contributed by atoms with van der Waals surface area (Å²) in [6.07, 6.45) is 2.52. The highest BCUT2D eigenvalue weighted by molar-refractivity contribution is 6.34. The maximum Gasteiger partial charge on any atom is 0.257 e. The number of benzene rings is 1.